The fourth-order valence-corrected chi connectivity index (χ4v) is 1.93. The molecule has 0 saturated carbocycles. The third-order valence-electron chi connectivity index (χ3n) is 2.92. The minimum Gasteiger partial charge on any atom is -0.358 e. The number of carbonyl (C=O) groups excluding carboxylic acids is 1. The summed E-state index contributed by atoms with van der Waals surface area (Å²) in [6.45, 7) is 5.93. The van der Waals surface area contributed by atoms with Crippen molar-refractivity contribution in [3.63, 3.8) is 0 Å². The number of hydrogen-bond donors (Lipinski definition) is 2. The lowest BCUT2D eigenvalue weighted by Gasteiger charge is -2.31. The first-order chi connectivity index (χ1) is 7.26. The van der Waals surface area contributed by atoms with Crippen molar-refractivity contribution < 1.29 is 4.79 Å². The van der Waals surface area contributed by atoms with Gasteiger partial charge in [-0.25, -0.2) is 0 Å². The quantitative estimate of drug-likeness (QED) is 0.685. The van der Waals surface area contributed by atoms with E-state index < -0.39 is 0 Å². The van der Waals surface area contributed by atoms with Crippen molar-refractivity contribution in [1.29, 1.82) is 0 Å². The van der Waals surface area contributed by atoms with Crippen molar-refractivity contribution in [3.05, 3.63) is 0 Å². The molecule has 1 heterocycles. The molecular formula is C11H23N3O. The van der Waals surface area contributed by atoms with Crippen molar-refractivity contribution in [2.75, 3.05) is 33.2 Å². The van der Waals surface area contributed by atoms with Crippen LogP contribution in [0.15, 0.2) is 0 Å². The number of nitrogens with one attached hydrogen (secondary N) is 2. The first-order valence-electron chi connectivity index (χ1n) is 5.92. The molecule has 15 heavy (non-hydrogen) atoms. The number of likely N-dealkylation sites (tertiary alicyclic amines) is 1. The molecule has 0 unspecified atom stereocenters. The minimum atomic E-state index is 0.120. The highest BCUT2D eigenvalue weighted by Crippen LogP contribution is 2.09. The van der Waals surface area contributed by atoms with Gasteiger partial charge in [0.2, 0.25) is 5.91 Å². The molecule has 0 aromatic rings. The zero-order chi connectivity index (χ0) is 11.1. The molecule has 0 spiro atoms. The molecular weight excluding hydrogens is 190 g/mol. The number of nitrogens with zero attached hydrogens (tertiary/aromatic N) is 1. The van der Waals surface area contributed by atoms with E-state index in [0.29, 0.717) is 12.6 Å². The molecule has 4 heteroatoms. The Morgan fingerprint density at radius 3 is 2.60 bits per heavy atom. The Morgan fingerprint density at radius 2 is 2.07 bits per heavy atom. The molecule has 0 radical (unpaired) electrons. The van der Waals surface area contributed by atoms with Gasteiger partial charge in [-0.2, -0.15) is 0 Å². The van der Waals surface area contributed by atoms with Gasteiger partial charge in [0.25, 0.3) is 0 Å². The van der Waals surface area contributed by atoms with Gasteiger partial charge in [-0.05, 0) is 25.8 Å². The summed E-state index contributed by atoms with van der Waals surface area (Å²) in [6.07, 6.45) is 3.52. The van der Waals surface area contributed by atoms with E-state index in [9.17, 15) is 4.79 Å². The molecule has 0 aliphatic carbocycles. The summed E-state index contributed by atoms with van der Waals surface area (Å²) in [5.74, 6) is 0.120. The van der Waals surface area contributed by atoms with Crippen molar-refractivity contribution in [1.82, 2.24) is 15.5 Å². The lowest BCUT2D eigenvalue weighted by Crippen LogP contribution is -2.45. The molecule has 0 atom stereocenters. The van der Waals surface area contributed by atoms with Crippen molar-refractivity contribution in [2.24, 2.45) is 0 Å². The second kappa shape index (κ2) is 6.80. The molecule has 2 N–H and O–H groups in total. The van der Waals surface area contributed by atoms with Crippen LogP contribution in [0.2, 0.25) is 0 Å². The van der Waals surface area contributed by atoms with E-state index in [1.54, 1.807) is 7.05 Å². The molecule has 1 amide bonds. The highest BCUT2D eigenvalue weighted by atomic mass is 16.1. The summed E-state index contributed by atoms with van der Waals surface area (Å²) < 4.78 is 0. The molecule has 1 rings (SSSR count). The van der Waals surface area contributed by atoms with E-state index in [4.69, 9.17) is 0 Å². The Labute approximate surface area is 92.4 Å². The van der Waals surface area contributed by atoms with Crippen LogP contribution in [0.1, 0.15) is 26.2 Å². The van der Waals surface area contributed by atoms with Crippen LogP contribution in [0.4, 0.5) is 0 Å². The largest absolute Gasteiger partial charge is 0.358 e. The van der Waals surface area contributed by atoms with Gasteiger partial charge in [-0.3, -0.25) is 9.69 Å². The Hall–Kier alpha value is -0.610. The molecule has 0 aromatic heterocycles. The van der Waals surface area contributed by atoms with Crippen LogP contribution in [-0.4, -0.2) is 50.1 Å². The number of hydrogen-bond acceptors (Lipinski definition) is 3. The van der Waals surface area contributed by atoms with Crippen LogP contribution in [0.25, 0.3) is 0 Å². The Bertz CT molecular complexity index is 188. The maximum atomic E-state index is 11.2. The standard InChI is InChI=1S/C11H23N3O/c1-3-6-13-10-4-7-14(8-5-10)9-11(15)12-2/h10,13H,3-9H2,1-2H3,(H,12,15). The third kappa shape index (κ3) is 4.62. The molecule has 0 bridgehead atoms. The highest BCUT2D eigenvalue weighted by Gasteiger charge is 2.19. The fourth-order valence-electron chi connectivity index (χ4n) is 1.93. The SMILES string of the molecule is CCCNC1CCN(CC(=O)NC)CC1. The molecule has 0 aromatic carbocycles. The van der Waals surface area contributed by atoms with Crippen LogP contribution in [0.5, 0.6) is 0 Å². The summed E-state index contributed by atoms with van der Waals surface area (Å²) in [6, 6.07) is 0.658. The Morgan fingerprint density at radius 1 is 1.40 bits per heavy atom. The van der Waals surface area contributed by atoms with E-state index in [1.165, 1.54) is 6.42 Å². The van der Waals surface area contributed by atoms with Crippen molar-refractivity contribution >= 4 is 5.91 Å². The number of piperidine rings is 1. The molecule has 4 nitrogen and oxygen atoms in total. The highest BCUT2D eigenvalue weighted by molar-refractivity contribution is 5.77. The average molecular weight is 213 g/mol. The van der Waals surface area contributed by atoms with E-state index in [0.717, 1.165) is 32.5 Å². The number of amides is 1. The third-order valence-corrected chi connectivity index (χ3v) is 2.92. The van der Waals surface area contributed by atoms with Crippen LogP contribution in [-0.2, 0) is 4.79 Å². The van der Waals surface area contributed by atoms with Crippen molar-refractivity contribution in [3.8, 4) is 0 Å². The zero-order valence-electron chi connectivity index (χ0n) is 9.88. The maximum absolute atomic E-state index is 11.2. The summed E-state index contributed by atoms with van der Waals surface area (Å²) in [7, 11) is 1.69. The van der Waals surface area contributed by atoms with Crippen LogP contribution < -0.4 is 10.6 Å². The van der Waals surface area contributed by atoms with Crippen LogP contribution in [0, 0.1) is 0 Å². The van der Waals surface area contributed by atoms with E-state index in [1.807, 2.05) is 0 Å². The molecule has 1 aliphatic heterocycles. The van der Waals surface area contributed by atoms with Gasteiger partial charge in [0.15, 0.2) is 0 Å². The zero-order valence-corrected chi connectivity index (χ0v) is 9.88. The number of likely N-dealkylation sites (N-methyl/N-ethyl adjacent to an activating group) is 1. The van der Waals surface area contributed by atoms with Crippen molar-refractivity contribution in [2.45, 2.75) is 32.2 Å². The maximum Gasteiger partial charge on any atom is 0.233 e. The summed E-state index contributed by atoms with van der Waals surface area (Å²) in [5, 5.41) is 6.19. The van der Waals surface area contributed by atoms with E-state index >= 15 is 0 Å². The second-order valence-electron chi connectivity index (χ2n) is 4.18. The second-order valence-corrected chi connectivity index (χ2v) is 4.18. The number of rotatable bonds is 5. The molecule has 1 saturated heterocycles. The van der Waals surface area contributed by atoms with Crippen LogP contribution >= 0.6 is 0 Å². The monoisotopic (exact) mass is 213 g/mol. The summed E-state index contributed by atoms with van der Waals surface area (Å²) in [5.41, 5.74) is 0. The first-order valence-corrected chi connectivity index (χ1v) is 5.92. The smallest absolute Gasteiger partial charge is 0.233 e. The fraction of sp³-hybridized carbons (Fsp3) is 0.909. The lowest BCUT2D eigenvalue weighted by atomic mass is 10.1. The van der Waals surface area contributed by atoms with E-state index in [-0.39, 0.29) is 5.91 Å². The molecule has 1 aliphatic rings. The average Bonchev–Trinajstić information content (AvgIpc) is 2.28. The Balaban J connectivity index is 2.15. The van der Waals surface area contributed by atoms with Gasteiger partial charge in [0.1, 0.15) is 0 Å². The van der Waals surface area contributed by atoms with Gasteiger partial charge in [-0.15, -0.1) is 0 Å². The van der Waals surface area contributed by atoms with E-state index in [2.05, 4.69) is 22.5 Å². The minimum absolute atomic E-state index is 0.120. The van der Waals surface area contributed by atoms with Gasteiger partial charge in [0, 0.05) is 26.2 Å². The Kier molecular flexibility index (Phi) is 5.65. The predicted molar refractivity (Wildman–Crippen MR) is 61.8 cm³/mol. The summed E-state index contributed by atoms with van der Waals surface area (Å²) in [4.78, 5) is 13.4. The van der Waals surface area contributed by atoms with Crippen LogP contribution in [0.3, 0.4) is 0 Å². The molecule has 88 valence electrons. The first kappa shape index (κ1) is 12.5. The van der Waals surface area contributed by atoms with Gasteiger partial charge >= 0.3 is 0 Å². The van der Waals surface area contributed by atoms with Gasteiger partial charge in [0.05, 0.1) is 6.54 Å². The molecule has 1 fully saturated rings. The predicted octanol–water partition coefficient (Wildman–Crippen LogP) is 0.196. The topological polar surface area (TPSA) is 44.4 Å². The normalized spacial score (nSPS) is 19.1. The number of carbonyl (C=O) groups is 1. The lowest BCUT2D eigenvalue weighted by molar-refractivity contribution is -0.122. The summed E-state index contributed by atoms with van der Waals surface area (Å²) >= 11 is 0. The van der Waals surface area contributed by atoms with Gasteiger partial charge in [-0.1, -0.05) is 6.92 Å². The van der Waals surface area contributed by atoms with Gasteiger partial charge < -0.3 is 10.6 Å².